The fourth-order valence-electron chi connectivity index (χ4n) is 1.89. The van der Waals surface area contributed by atoms with Gasteiger partial charge in [0.15, 0.2) is 0 Å². The Morgan fingerprint density at radius 2 is 1.95 bits per heavy atom. The number of benzene rings is 1. The van der Waals surface area contributed by atoms with Gasteiger partial charge < -0.3 is 10.1 Å². The SMILES string of the molecule is CCCNCCNS(=O)(=O)c1cccc(C(=O)OC)c1C. The maximum absolute atomic E-state index is 12.3. The summed E-state index contributed by atoms with van der Waals surface area (Å²) in [4.78, 5) is 11.7. The Labute approximate surface area is 125 Å². The smallest absolute Gasteiger partial charge is 0.338 e. The third-order valence-corrected chi connectivity index (χ3v) is 4.61. The summed E-state index contributed by atoms with van der Waals surface area (Å²) in [7, 11) is -2.38. The molecule has 1 rings (SSSR count). The van der Waals surface area contributed by atoms with Crippen LogP contribution < -0.4 is 10.0 Å². The minimum Gasteiger partial charge on any atom is -0.465 e. The van der Waals surface area contributed by atoms with E-state index in [1.54, 1.807) is 13.0 Å². The van der Waals surface area contributed by atoms with Crippen molar-refractivity contribution in [1.29, 1.82) is 0 Å². The summed E-state index contributed by atoms with van der Waals surface area (Å²) in [5, 5.41) is 3.11. The molecule has 0 aliphatic heterocycles. The van der Waals surface area contributed by atoms with Gasteiger partial charge in [0.2, 0.25) is 10.0 Å². The van der Waals surface area contributed by atoms with Crippen LogP contribution >= 0.6 is 0 Å². The van der Waals surface area contributed by atoms with Gasteiger partial charge in [-0.3, -0.25) is 0 Å². The highest BCUT2D eigenvalue weighted by Gasteiger charge is 2.20. The number of hydrogen-bond acceptors (Lipinski definition) is 5. The van der Waals surface area contributed by atoms with E-state index in [9.17, 15) is 13.2 Å². The highest BCUT2D eigenvalue weighted by Crippen LogP contribution is 2.19. The van der Waals surface area contributed by atoms with Crippen molar-refractivity contribution in [2.45, 2.75) is 25.2 Å². The van der Waals surface area contributed by atoms with Crippen molar-refractivity contribution in [3.05, 3.63) is 29.3 Å². The van der Waals surface area contributed by atoms with E-state index in [-0.39, 0.29) is 10.5 Å². The molecule has 0 aliphatic carbocycles. The number of rotatable bonds is 8. The van der Waals surface area contributed by atoms with E-state index in [1.807, 2.05) is 6.92 Å². The van der Waals surface area contributed by atoms with Gasteiger partial charge in [-0.25, -0.2) is 17.9 Å². The first-order valence-corrected chi connectivity index (χ1v) is 8.30. The van der Waals surface area contributed by atoms with E-state index in [4.69, 9.17) is 0 Å². The second-order valence-corrected chi connectivity index (χ2v) is 6.30. The molecule has 0 heterocycles. The maximum atomic E-state index is 12.3. The number of methoxy groups -OCH3 is 1. The fourth-order valence-corrected chi connectivity index (χ4v) is 3.19. The van der Waals surface area contributed by atoms with Crippen molar-refractivity contribution >= 4 is 16.0 Å². The molecule has 0 unspecified atom stereocenters. The molecule has 2 N–H and O–H groups in total. The van der Waals surface area contributed by atoms with Crippen LogP contribution in [0.15, 0.2) is 23.1 Å². The van der Waals surface area contributed by atoms with Crippen LogP contribution in [0.2, 0.25) is 0 Å². The first-order chi connectivity index (χ1) is 9.94. The van der Waals surface area contributed by atoms with Crippen LogP contribution in [0.3, 0.4) is 0 Å². The topological polar surface area (TPSA) is 84.5 Å². The zero-order valence-corrected chi connectivity index (χ0v) is 13.4. The van der Waals surface area contributed by atoms with Gasteiger partial charge in [-0.1, -0.05) is 13.0 Å². The van der Waals surface area contributed by atoms with E-state index in [2.05, 4.69) is 14.8 Å². The van der Waals surface area contributed by atoms with E-state index in [1.165, 1.54) is 19.2 Å². The molecule has 0 spiro atoms. The van der Waals surface area contributed by atoms with Crippen LogP contribution in [0.1, 0.15) is 29.3 Å². The molecule has 1 aromatic carbocycles. The summed E-state index contributed by atoms with van der Waals surface area (Å²) in [6.07, 6.45) is 0.993. The zero-order chi connectivity index (χ0) is 15.9. The van der Waals surface area contributed by atoms with Crippen LogP contribution in [-0.2, 0) is 14.8 Å². The lowest BCUT2D eigenvalue weighted by atomic mass is 10.1. The third kappa shape index (κ3) is 4.80. The first-order valence-electron chi connectivity index (χ1n) is 6.82. The molecule has 0 amide bonds. The molecule has 0 atom stereocenters. The number of nitrogens with one attached hydrogen (secondary N) is 2. The van der Waals surface area contributed by atoms with Crippen LogP contribution in [-0.4, -0.2) is 41.1 Å². The quantitative estimate of drug-likeness (QED) is 0.554. The van der Waals surface area contributed by atoms with Gasteiger partial charge in [0.25, 0.3) is 0 Å². The van der Waals surface area contributed by atoms with Gasteiger partial charge in [0.1, 0.15) is 0 Å². The standard InChI is InChI=1S/C14H22N2O4S/c1-4-8-15-9-10-16-21(18,19)13-7-5-6-12(11(13)2)14(17)20-3/h5-7,15-16H,4,8-10H2,1-3H3. The summed E-state index contributed by atoms with van der Waals surface area (Å²) in [6, 6.07) is 4.55. The Hall–Kier alpha value is -1.44. The van der Waals surface area contributed by atoms with E-state index >= 15 is 0 Å². The molecule has 0 fully saturated rings. The molecular weight excluding hydrogens is 292 g/mol. The minimum atomic E-state index is -3.64. The molecule has 0 saturated carbocycles. The number of sulfonamides is 1. The zero-order valence-electron chi connectivity index (χ0n) is 12.6. The molecule has 1 aromatic rings. The molecule has 7 heteroatoms. The Balaban J connectivity index is 2.86. The molecule has 118 valence electrons. The van der Waals surface area contributed by atoms with Gasteiger partial charge >= 0.3 is 5.97 Å². The van der Waals surface area contributed by atoms with E-state index in [0.29, 0.717) is 18.7 Å². The summed E-state index contributed by atoms with van der Waals surface area (Å²) in [5.41, 5.74) is 0.642. The molecule has 0 aromatic heterocycles. The predicted molar refractivity (Wildman–Crippen MR) is 80.9 cm³/mol. The normalized spacial score (nSPS) is 11.4. The molecule has 0 aliphatic rings. The van der Waals surface area contributed by atoms with Gasteiger partial charge in [-0.15, -0.1) is 0 Å². The minimum absolute atomic E-state index is 0.0980. The largest absolute Gasteiger partial charge is 0.465 e. The summed E-state index contributed by atoms with van der Waals surface area (Å²) >= 11 is 0. The second-order valence-electron chi connectivity index (χ2n) is 4.57. The molecule has 0 bridgehead atoms. The van der Waals surface area contributed by atoms with Gasteiger partial charge in [0.05, 0.1) is 17.6 Å². The lowest BCUT2D eigenvalue weighted by Crippen LogP contribution is -2.32. The average molecular weight is 314 g/mol. The van der Waals surface area contributed by atoms with Crippen molar-refractivity contribution < 1.29 is 17.9 Å². The van der Waals surface area contributed by atoms with Gasteiger partial charge in [0, 0.05) is 13.1 Å². The fraction of sp³-hybridized carbons (Fsp3) is 0.500. The van der Waals surface area contributed by atoms with Gasteiger partial charge in [-0.2, -0.15) is 0 Å². The number of carbonyl (C=O) groups excluding carboxylic acids is 1. The third-order valence-electron chi connectivity index (χ3n) is 3.00. The maximum Gasteiger partial charge on any atom is 0.338 e. The van der Waals surface area contributed by atoms with Crippen molar-refractivity contribution in [2.24, 2.45) is 0 Å². The summed E-state index contributed by atoms with van der Waals surface area (Å²) < 4.78 is 31.7. The van der Waals surface area contributed by atoms with Crippen LogP contribution in [0.25, 0.3) is 0 Å². The average Bonchev–Trinajstić information content (AvgIpc) is 2.46. The van der Waals surface area contributed by atoms with Crippen LogP contribution in [0.5, 0.6) is 0 Å². The number of hydrogen-bond donors (Lipinski definition) is 2. The Bertz CT molecular complexity index is 585. The van der Waals surface area contributed by atoms with Crippen molar-refractivity contribution in [3.63, 3.8) is 0 Å². The second kappa shape index (κ2) is 8.11. The van der Waals surface area contributed by atoms with Crippen molar-refractivity contribution in [1.82, 2.24) is 10.0 Å². The summed E-state index contributed by atoms with van der Waals surface area (Å²) in [6.45, 7) is 5.33. The lowest BCUT2D eigenvalue weighted by molar-refractivity contribution is 0.0599. The first kappa shape index (κ1) is 17.6. The van der Waals surface area contributed by atoms with Crippen LogP contribution in [0.4, 0.5) is 0 Å². The highest BCUT2D eigenvalue weighted by molar-refractivity contribution is 7.89. The molecule has 0 radical (unpaired) electrons. The van der Waals surface area contributed by atoms with E-state index in [0.717, 1.165) is 13.0 Å². The van der Waals surface area contributed by atoms with E-state index < -0.39 is 16.0 Å². The lowest BCUT2D eigenvalue weighted by Gasteiger charge is -2.12. The number of carbonyl (C=O) groups is 1. The van der Waals surface area contributed by atoms with Gasteiger partial charge in [-0.05, 0) is 37.6 Å². The highest BCUT2D eigenvalue weighted by atomic mass is 32.2. The predicted octanol–water partition coefficient (Wildman–Crippen LogP) is 1.06. The Morgan fingerprint density at radius 3 is 2.57 bits per heavy atom. The number of ether oxygens (including phenoxy) is 1. The monoisotopic (exact) mass is 314 g/mol. The Kier molecular flexibility index (Phi) is 6.80. The van der Waals surface area contributed by atoms with Crippen molar-refractivity contribution in [2.75, 3.05) is 26.7 Å². The molecule has 6 nitrogen and oxygen atoms in total. The number of esters is 1. The molecule has 21 heavy (non-hydrogen) atoms. The van der Waals surface area contributed by atoms with Crippen molar-refractivity contribution in [3.8, 4) is 0 Å². The summed E-state index contributed by atoms with van der Waals surface area (Å²) in [5.74, 6) is -0.547. The molecule has 0 saturated heterocycles. The molecular formula is C14H22N2O4S. The Morgan fingerprint density at radius 1 is 1.24 bits per heavy atom. The van der Waals surface area contributed by atoms with Crippen LogP contribution in [0, 0.1) is 6.92 Å².